The first-order valence-electron chi connectivity index (χ1n) is 25.3. The van der Waals surface area contributed by atoms with Crippen LogP contribution in [-0.2, 0) is 43.4 Å². The van der Waals surface area contributed by atoms with Crippen molar-refractivity contribution < 1.29 is 43.3 Å². The number of rotatable bonds is 25. The molecule has 5 amide bonds. The number of fused-ring (bicyclic) bond motifs is 1. The number of para-hydroxylation sites is 1. The molecule has 18 heteroatoms. The molecule has 5 rings (SSSR count). The molecule has 2 aromatic heterocycles. The molecule has 0 aliphatic heterocycles. The Morgan fingerprint density at radius 1 is 0.784 bits per heavy atom. The summed E-state index contributed by atoms with van der Waals surface area (Å²) in [6, 6.07) is 22.0. The maximum Gasteiger partial charge on any atom is 0.407 e. The first-order valence-corrected chi connectivity index (χ1v) is 26.1. The zero-order chi connectivity index (χ0) is 54.4. The normalized spacial score (nSPS) is 12.5. The van der Waals surface area contributed by atoms with Crippen LogP contribution in [0.3, 0.4) is 0 Å². The fourth-order valence-electron chi connectivity index (χ4n) is 7.90. The Balaban J connectivity index is 0.00000585. The van der Waals surface area contributed by atoms with Crippen molar-refractivity contribution >= 4 is 59.0 Å². The average molecular weight is 1040 g/mol. The van der Waals surface area contributed by atoms with Crippen molar-refractivity contribution in [1.82, 2.24) is 41.5 Å². The number of amides is 5. The summed E-state index contributed by atoms with van der Waals surface area (Å²) in [5.74, 6) is -1.70. The molecule has 400 valence electrons. The van der Waals surface area contributed by atoms with Gasteiger partial charge in [-0.15, -0.1) is 0 Å². The molecular formula is C56H76N8O9S. The highest BCUT2D eigenvalue weighted by Crippen LogP contribution is 2.37. The van der Waals surface area contributed by atoms with Gasteiger partial charge in [0.25, 0.3) is 0 Å². The molecule has 17 nitrogen and oxygen atoms in total. The zero-order valence-corrected chi connectivity index (χ0v) is 45.4. The summed E-state index contributed by atoms with van der Waals surface area (Å²) in [7, 11) is 1.75. The maximum atomic E-state index is 14.6. The summed E-state index contributed by atoms with van der Waals surface area (Å²) in [6.45, 7) is 17.6. The average Bonchev–Trinajstić information content (AvgIpc) is 3.76. The summed E-state index contributed by atoms with van der Waals surface area (Å²) in [6.07, 6.45) is 5.72. The molecule has 0 spiro atoms. The van der Waals surface area contributed by atoms with E-state index in [1.165, 1.54) is 23.9 Å². The fraction of sp³-hybridized carbons (Fsp3) is 0.446. The van der Waals surface area contributed by atoms with Gasteiger partial charge in [-0.05, 0) is 145 Å². The number of likely N-dealkylation sites (N-methyl/N-ethyl adjacent to an activating group) is 1. The third-order valence-corrected chi connectivity index (χ3v) is 12.8. The fourth-order valence-corrected chi connectivity index (χ4v) is 8.95. The zero-order valence-electron chi connectivity index (χ0n) is 44.6. The first kappa shape index (κ1) is 59.6. The summed E-state index contributed by atoms with van der Waals surface area (Å²) in [4.78, 5) is 87.7. The molecule has 0 aliphatic carbocycles. The number of carboxylic acids is 1. The van der Waals surface area contributed by atoms with Gasteiger partial charge in [-0.25, -0.2) is 19.4 Å². The monoisotopic (exact) mass is 1040 g/mol. The molecule has 0 aliphatic rings. The van der Waals surface area contributed by atoms with E-state index in [9.17, 15) is 33.9 Å². The quantitative estimate of drug-likeness (QED) is 0.0214. The van der Waals surface area contributed by atoms with Gasteiger partial charge in [-0.1, -0.05) is 74.1 Å². The molecule has 7 N–H and O–H groups in total. The lowest BCUT2D eigenvalue weighted by Crippen LogP contribution is -2.54. The number of nitrogens with one attached hydrogen (secondary N) is 6. The van der Waals surface area contributed by atoms with Gasteiger partial charge in [0.2, 0.25) is 18.2 Å². The smallest absolute Gasteiger partial charge is 0.407 e. The predicted octanol–water partition coefficient (Wildman–Crippen LogP) is 9.38. The second kappa shape index (κ2) is 29.1. The van der Waals surface area contributed by atoms with Crippen LogP contribution in [0.4, 0.5) is 9.59 Å². The number of benzene rings is 3. The van der Waals surface area contributed by atoms with Crippen LogP contribution >= 0.6 is 11.8 Å². The highest BCUT2D eigenvalue weighted by atomic mass is 32.2. The molecule has 3 unspecified atom stereocenters. The molecule has 0 fully saturated rings. The number of alkyl carbamates (subject to hydrolysis) is 2. The van der Waals surface area contributed by atoms with Crippen LogP contribution in [0.5, 0.6) is 0 Å². The largest absolute Gasteiger partial charge is 0.478 e. The van der Waals surface area contributed by atoms with Crippen molar-refractivity contribution in [3.8, 4) is 11.1 Å². The van der Waals surface area contributed by atoms with Crippen LogP contribution < -0.4 is 26.6 Å². The van der Waals surface area contributed by atoms with Gasteiger partial charge < -0.3 is 51.0 Å². The van der Waals surface area contributed by atoms with Crippen molar-refractivity contribution in [2.24, 2.45) is 0 Å². The van der Waals surface area contributed by atoms with Gasteiger partial charge in [0, 0.05) is 67.5 Å². The molecule has 3 atom stereocenters. The standard InChI is InChI=1S/C54H70N8O9S.C2H6/c1-35(30-39-32-59-43-19-10-9-17-41(39)43)62(8)49(65)45(20-11-12-27-57-51(68)70-53(2,3)4)61-47(64)44(21-15-29-58-52(69)71-54(5,6)7)60-31-38-16-14-28-56-48(38)72-46-22-13-18-40(42(46)33-55-34-63)36-23-25-37(26-24-36)50(66)67;1-2/h9-10,13-14,16-19,22-26,28,32,34-35,44-45,59-60H,11-12,15,20-21,27,29-31,33H2,1-8H3,(H,55,63)(H,57,68)(H,58,69)(H,61,64)(H,66,67);1-2H3. The second-order valence-electron chi connectivity index (χ2n) is 19.6. The summed E-state index contributed by atoms with van der Waals surface area (Å²) >= 11 is 1.39. The van der Waals surface area contributed by atoms with Gasteiger partial charge in [0.1, 0.15) is 22.3 Å². The minimum atomic E-state index is -1.03. The van der Waals surface area contributed by atoms with Crippen LogP contribution in [0.15, 0.2) is 101 Å². The van der Waals surface area contributed by atoms with E-state index in [1.807, 2.05) is 75.5 Å². The Morgan fingerprint density at radius 2 is 1.43 bits per heavy atom. The van der Waals surface area contributed by atoms with Crippen molar-refractivity contribution in [3.63, 3.8) is 0 Å². The number of hydrogen-bond donors (Lipinski definition) is 7. The Kier molecular flexibility index (Phi) is 23.4. The predicted molar refractivity (Wildman–Crippen MR) is 290 cm³/mol. The lowest BCUT2D eigenvalue weighted by Gasteiger charge is -2.31. The molecule has 3 aromatic carbocycles. The molecular weight excluding hydrogens is 961 g/mol. The minimum absolute atomic E-state index is 0.153. The number of unbranched alkanes of at least 4 members (excludes halogenated alkanes) is 1. The summed E-state index contributed by atoms with van der Waals surface area (Å²) in [5, 5.41) is 26.0. The molecule has 0 saturated heterocycles. The van der Waals surface area contributed by atoms with Gasteiger partial charge in [-0.3, -0.25) is 14.4 Å². The van der Waals surface area contributed by atoms with Crippen LogP contribution in [0.25, 0.3) is 22.0 Å². The number of aromatic nitrogens is 2. The topological polar surface area (TPSA) is 233 Å². The molecule has 2 heterocycles. The molecule has 5 aromatic rings. The van der Waals surface area contributed by atoms with Crippen molar-refractivity contribution in [3.05, 3.63) is 114 Å². The highest BCUT2D eigenvalue weighted by molar-refractivity contribution is 7.99. The second-order valence-corrected chi connectivity index (χ2v) is 20.6. The number of aromatic carboxylic acids is 1. The van der Waals surface area contributed by atoms with Gasteiger partial charge in [-0.2, -0.15) is 0 Å². The van der Waals surface area contributed by atoms with Crippen LogP contribution in [0, 0.1) is 0 Å². The lowest BCUT2D eigenvalue weighted by atomic mass is 9.98. The molecule has 0 bridgehead atoms. The van der Waals surface area contributed by atoms with Crippen LogP contribution in [-0.4, -0.2) is 106 Å². The minimum Gasteiger partial charge on any atom is -0.478 e. The van der Waals surface area contributed by atoms with Crippen molar-refractivity contribution in [2.45, 2.75) is 153 Å². The number of pyridine rings is 1. The number of hydrogen-bond acceptors (Lipinski definition) is 11. The summed E-state index contributed by atoms with van der Waals surface area (Å²) in [5.41, 5.74) is 4.02. The van der Waals surface area contributed by atoms with Crippen LogP contribution in [0.2, 0.25) is 0 Å². The summed E-state index contributed by atoms with van der Waals surface area (Å²) < 4.78 is 10.8. The number of carbonyl (C=O) groups is 6. The number of aromatic amines is 1. The van der Waals surface area contributed by atoms with Crippen molar-refractivity contribution in [1.29, 1.82) is 0 Å². The van der Waals surface area contributed by atoms with E-state index in [-0.39, 0.29) is 43.6 Å². The third kappa shape index (κ3) is 19.2. The Hall–Kier alpha value is -6.92. The van der Waals surface area contributed by atoms with Gasteiger partial charge in [0.05, 0.1) is 11.6 Å². The maximum absolute atomic E-state index is 14.6. The number of carboxylic acid groups (broad SMARTS) is 1. The number of carbonyl (C=O) groups excluding carboxylic acids is 5. The first-order chi connectivity index (χ1) is 35.2. The number of ether oxygens (including phenoxy) is 2. The molecule has 0 saturated carbocycles. The van der Waals surface area contributed by atoms with Gasteiger partial charge >= 0.3 is 18.2 Å². The van der Waals surface area contributed by atoms with E-state index < -0.39 is 47.3 Å². The van der Waals surface area contributed by atoms with Crippen molar-refractivity contribution in [2.75, 3.05) is 20.1 Å². The van der Waals surface area contributed by atoms with Crippen LogP contribution in [0.1, 0.15) is 121 Å². The molecule has 74 heavy (non-hydrogen) atoms. The Labute approximate surface area is 440 Å². The van der Waals surface area contributed by atoms with Gasteiger partial charge in [0.15, 0.2) is 0 Å². The highest BCUT2D eigenvalue weighted by Gasteiger charge is 2.30. The molecule has 0 radical (unpaired) electrons. The van der Waals surface area contributed by atoms with E-state index in [0.29, 0.717) is 50.1 Å². The van der Waals surface area contributed by atoms with E-state index in [2.05, 4.69) is 31.6 Å². The van der Waals surface area contributed by atoms with E-state index in [0.717, 1.165) is 43.6 Å². The SMILES string of the molecule is CC.CC(Cc1c[nH]c2ccccc12)N(C)C(=O)C(CCCCNC(=O)OC(C)(C)C)NC(=O)C(CCCNC(=O)OC(C)(C)C)NCc1cccnc1Sc1cccc(-c2ccc(C(=O)O)cc2)c1CNC=O. The Morgan fingerprint density at radius 3 is 2.08 bits per heavy atom. The number of nitrogens with zero attached hydrogens (tertiary/aromatic N) is 2. The number of H-pyrrole nitrogens is 1. The Bertz CT molecular complexity index is 2630. The third-order valence-electron chi connectivity index (χ3n) is 11.6. The van der Waals surface area contributed by atoms with E-state index in [1.54, 1.807) is 77.9 Å². The lowest BCUT2D eigenvalue weighted by molar-refractivity contribution is -0.137. The van der Waals surface area contributed by atoms with E-state index in [4.69, 9.17) is 14.5 Å². The van der Waals surface area contributed by atoms with E-state index >= 15 is 0 Å².